The maximum Gasteiger partial charge on any atom is 0.222 e. The maximum atomic E-state index is 14.4. The van der Waals surface area contributed by atoms with Crippen molar-refractivity contribution in [3.63, 3.8) is 0 Å². The first-order valence-corrected chi connectivity index (χ1v) is 41.4. The summed E-state index contributed by atoms with van der Waals surface area (Å²) in [5, 5.41) is 116. The highest BCUT2D eigenvalue weighted by atomic mass is 16.7. The fraction of sp³-hybridized carbons (Fsp3) is 0.902. The molecule has 0 aromatic heterocycles. The van der Waals surface area contributed by atoms with Gasteiger partial charge in [0.1, 0.15) is 78.6 Å². The summed E-state index contributed by atoms with van der Waals surface area (Å²) in [4.78, 5) is 105. The van der Waals surface area contributed by atoms with Gasteiger partial charge < -0.3 is 136 Å². The van der Waals surface area contributed by atoms with Crippen molar-refractivity contribution in [2.45, 2.75) is 313 Å². The van der Waals surface area contributed by atoms with Crippen LogP contribution in [-0.2, 0) is 85.7 Å². The van der Waals surface area contributed by atoms with Crippen molar-refractivity contribution in [3.8, 4) is 0 Å². The molecule has 0 bridgehead atoms. The standard InChI is InChI=1S/C82H152N8O27/c1-21-22-29-108-44-78(13,14)36-74(5,6)40-83-57(97)24-23-25-61(101)90-82(48-109-30-26-58(98)84-41-75(7,8)37-79(15,16)45-112-71-62(87-51(2)94)68(105)65(102)54(33-91)115-71,49-110-31-27-59(99)85-42-76(9,10)38-80(17,18)46-113-72-63(88-52(3)95)69(106)66(103)55(34-92)116-72)50-111-32-28-60(100)86-43-77(11,12)39-81(19,20)47-114-73-64(89-53(4)96)70(107)67(104)56(35-93)117-73/h54-56,62-73,91-93,102-107H,21-50H2,1-20H3,(H,83,97)(H,84,98)(H,85,99)(H,86,100)(H,87,94)(H,88,95)(H,89,96)(H,90,101). The van der Waals surface area contributed by atoms with Gasteiger partial charge >= 0.3 is 0 Å². The van der Waals surface area contributed by atoms with Gasteiger partial charge in [-0.15, -0.1) is 0 Å². The van der Waals surface area contributed by atoms with E-state index < -0.39 is 173 Å². The molecule has 3 heterocycles. The van der Waals surface area contributed by atoms with Crippen molar-refractivity contribution < 1.29 is 132 Å². The lowest BCUT2D eigenvalue weighted by Gasteiger charge is -2.43. The van der Waals surface area contributed by atoms with Crippen LogP contribution in [-0.4, -0.2) is 309 Å². The van der Waals surface area contributed by atoms with Crippen molar-refractivity contribution in [2.75, 3.05) is 119 Å². The molecule has 3 fully saturated rings. The Hall–Kier alpha value is -5.00. The first-order valence-electron chi connectivity index (χ1n) is 41.4. The number of aliphatic hydroxyl groups is 9. The molecule has 8 amide bonds. The Morgan fingerprint density at radius 1 is 0.325 bits per heavy atom. The Bertz CT molecular complexity index is 2780. The third kappa shape index (κ3) is 40.3. The van der Waals surface area contributed by atoms with E-state index in [0.29, 0.717) is 39.0 Å². The number of rotatable bonds is 56. The van der Waals surface area contributed by atoms with Gasteiger partial charge in [-0.3, -0.25) is 38.4 Å². The van der Waals surface area contributed by atoms with Crippen molar-refractivity contribution in [1.29, 1.82) is 0 Å². The molecule has 3 aliphatic rings. The van der Waals surface area contributed by atoms with Crippen LogP contribution >= 0.6 is 0 Å². The first-order chi connectivity index (χ1) is 54.1. The molecule has 0 radical (unpaired) electrons. The molecule has 682 valence electrons. The van der Waals surface area contributed by atoms with Gasteiger partial charge in [0, 0.05) is 85.7 Å². The normalized spacial score (nSPS) is 25.0. The Morgan fingerprint density at radius 3 is 0.846 bits per heavy atom. The van der Waals surface area contributed by atoms with Crippen molar-refractivity contribution in [2.24, 2.45) is 43.3 Å². The van der Waals surface area contributed by atoms with E-state index in [1.54, 1.807) is 0 Å². The molecule has 3 aliphatic heterocycles. The third-order valence-electron chi connectivity index (χ3n) is 20.5. The van der Waals surface area contributed by atoms with Gasteiger partial charge in [0.25, 0.3) is 0 Å². The Labute approximate surface area is 693 Å². The van der Waals surface area contributed by atoms with Gasteiger partial charge in [0.15, 0.2) is 18.9 Å². The van der Waals surface area contributed by atoms with E-state index in [2.05, 4.69) is 77.2 Å². The molecule has 35 nitrogen and oxygen atoms in total. The summed E-state index contributed by atoms with van der Waals surface area (Å²) in [5.41, 5.74) is -5.37. The number of amides is 8. The number of carbonyl (C=O) groups excluding carboxylic acids is 8. The van der Waals surface area contributed by atoms with Gasteiger partial charge in [-0.25, -0.2) is 0 Å². The molecular formula is C82H152N8O27. The van der Waals surface area contributed by atoms with Crippen LogP contribution in [0.25, 0.3) is 0 Å². The summed E-state index contributed by atoms with van der Waals surface area (Å²) in [5.74, 6) is -3.35. The smallest absolute Gasteiger partial charge is 0.222 e. The zero-order valence-corrected chi connectivity index (χ0v) is 73.7. The molecule has 15 unspecified atom stereocenters. The molecule has 15 atom stereocenters. The summed E-state index contributed by atoms with van der Waals surface area (Å²) in [6.45, 7) is 36.8. The molecule has 35 heteroatoms. The largest absolute Gasteiger partial charge is 0.394 e. The molecular weight excluding hydrogens is 1530 g/mol. The van der Waals surface area contributed by atoms with Gasteiger partial charge in [-0.2, -0.15) is 0 Å². The second kappa shape index (κ2) is 48.7. The van der Waals surface area contributed by atoms with Crippen LogP contribution < -0.4 is 42.5 Å². The first kappa shape index (κ1) is 106. The van der Waals surface area contributed by atoms with E-state index in [-0.39, 0.29) is 152 Å². The fourth-order valence-corrected chi connectivity index (χ4v) is 16.0. The SMILES string of the molecule is CCCCOCC(C)(C)CC(C)(C)CNC(=O)CCCC(=O)NC(COCCC(=O)NCC(C)(C)CC(C)(C)COC1OC(CO)C(O)C(O)C1NC(C)=O)(COCCC(=O)NCC(C)(C)CC(C)(C)COC1OC(CO)C(O)C(O)C1NC(C)=O)COCCC(=O)NCC(C)(C)CC(C)(C)COC1OC(CO)C(O)C(O)C1NC(C)=O. The summed E-state index contributed by atoms with van der Waals surface area (Å²) < 4.78 is 60.5. The highest BCUT2D eigenvalue weighted by molar-refractivity contribution is 5.80. The lowest BCUT2D eigenvalue weighted by atomic mass is 9.75. The number of carbonyl (C=O) groups is 8. The molecule has 117 heavy (non-hydrogen) atoms. The molecule has 0 aromatic rings. The number of aliphatic hydroxyl groups excluding tert-OH is 9. The summed E-state index contributed by atoms with van der Waals surface area (Å²) in [6.07, 6.45) is -12.2. The highest BCUT2D eigenvalue weighted by Gasteiger charge is 2.50. The lowest BCUT2D eigenvalue weighted by molar-refractivity contribution is -0.276. The minimum Gasteiger partial charge on any atom is -0.394 e. The Balaban J connectivity index is 1.87. The number of hydrogen-bond donors (Lipinski definition) is 17. The van der Waals surface area contributed by atoms with Crippen LogP contribution in [0.5, 0.6) is 0 Å². The maximum absolute atomic E-state index is 14.4. The van der Waals surface area contributed by atoms with E-state index in [0.717, 1.165) is 19.3 Å². The monoisotopic (exact) mass is 1680 g/mol. The molecule has 0 saturated carbocycles. The van der Waals surface area contributed by atoms with Gasteiger partial charge in [-0.05, 0) is 81.8 Å². The number of nitrogens with one attached hydrogen (secondary N) is 8. The summed E-state index contributed by atoms with van der Waals surface area (Å²) in [7, 11) is 0. The van der Waals surface area contributed by atoms with Crippen LogP contribution in [0.4, 0.5) is 0 Å². The van der Waals surface area contributed by atoms with Crippen molar-refractivity contribution in [3.05, 3.63) is 0 Å². The lowest BCUT2D eigenvalue weighted by Crippen LogP contribution is -2.64. The molecule has 0 aliphatic carbocycles. The van der Waals surface area contributed by atoms with E-state index in [4.69, 9.17) is 47.4 Å². The molecule has 3 rings (SSSR count). The van der Waals surface area contributed by atoms with E-state index in [9.17, 15) is 84.3 Å². The van der Waals surface area contributed by atoms with E-state index >= 15 is 0 Å². The van der Waals surface area contributed by atoms with Crippen LogP contribution in [0.15, 0.2) is 0 Å². The Kier molecular flexibility index (Phi) is 44.2. The number of hydrogen-bond acceptors (Lipinski definition) is 27. The van der Waals surface area contributed by atoms with Crippen LogP contribution in [0, 0.1) is 43.3 Å². The molecule has 0 aromatic carbocycles. The number of ether oxygens (including phenoxy) is 10. The van der Waals surface area contributed by atoms with Gasteiger partial charge in [0.2, 0.25) is 47.3 Å². The topological polar surface area (TPSA) is 507 Å². The third-order valence-corrected chi connectivity index (χ3v) is 20.5. The minimum absolute atomic E-state index is 0.0181. The second-order valence-corrected chi connectivity index (χ2v) is 38.9. The average Bonchev–Trinajstić information content (AvgIpc) is 0.808. The predicted molar refractivity (Wildman–Crippen MR) is 431 cm³/mol. The fourth-order valence-electron chi connectivity index (χ4n) is 16.0. The molecule has 3 saturated heterocycles. The highest BCUT2D eigenvalue weighted by Crippen LogP contribution is 2.39. The molecule has 17 N–H and O–H groups in total. The van der Waals surface area contributed by atoms with Crippen molar-refractivity contribution in [1.82, 2.24) is 42.5 Å². The summed E-state index contributed by atoms with van der Waals surface area (Å²) in [6, 6.07) is -3.40. The van der Waals surface area contributed by atoms with Gasteiger partial charge in [0.05, 0.1) is 85.9 Å². The van der Waals surface area contributed by atoms with Crippen LogP contribution in [0.2, 0.25) is 0 Å². The number of unbranched alkanes of at least 4 members (excludes halogenated alkanes) is 1. The second-order valence-electron chi connectivity index (χ2n) is 38.9. The van der Waals surface area contributed by atoms with Crippen LogP contribution in [0.3, 0.4) is 0 Å². The van der Waals surface area contributed by atoms with Crippen molar-refractivity contribution >= 4 is 47.3 Å². The van der Waals surface area contributed by atoms with E-state index in [1.165, 1.54) is 20.8 Å². The van der Waals surface area contributed by atoms with Crippen LogP contribution in [0.1, 0.15) is 216 Å². The van der Waals surface area contributed by atoms with Gasteiger partial charge in [-0.1, -0.05) is 124 Å². The summed E-state index contributed by atoms with van der Waals surface area (Å²) >= 11 is 0. The predicted octanol–water partition coefficient (Wildman–Crippen LogP) is 1.16. The quantitative estimate of drug-likeness (QED) is 0.0380. The van der Waals surface area contributed by atoms with E-state index in [1.807, 2.05) is 83.1 Å². The zero-order chi connectivity index (χ0) is 88.7. The molecule has 0 spiro atoms. The Morgan fingerprint density at radius 2 is 0.581 bits per heavy atom. The zero-order valence-electron chi connectivity index (χ0n) is 73.7. The minimum atomic E-state index is -1.54. The average molecular weight is 1680 g/mol.